The molecule has 0 spiro atoms. The molecule has 0 bridgehead atoms. The molecule has 33 heavy (non-hydrogen) atoms. The summed E-state index contributed by atoms with van der Waals surface area (Å²) in [5.41, 5.74) is 6.22. The number of para-hydroxylation sites is 1. The van der Waals surface area contributed by atoms with E-state index in [4.69, 9.17) is 0 Å². The maximum atomic E-state index is 12.8. The molecule has 0 atom stereocenters. The Balaban J connectivity index is 1.31. The largest absolute Gasteiger partial charge is 0.369 e. The summed E-state index contributed by atoms with van der Waals surface area (Å²) in [5, 5.41) is 6.20. The molecular formula is C25H29N7O. The molecule has 2 aromatic carbocycles. The zero-order valence-corrected chi connectivity index (χ0v) is 19.3. The lowest BCUT2D eigenvalue weighted by Gasteiger charge is -2.35. The molecule has 5 rings (SSSR count). The van der Waals surface area contributed by atoms with Gasteiger partial charge in [0.15, 0.2) is 0 Å². The minimum Gasteiger partial charge on any atom is -0.369 e. The fraction of sp³-hybridized carbons (Fsp3) is 0.320. The van der Waals surface area contributed by atoms with E-state index in [2.05, 4.69) is 62.6 Å². The third kappa shape index (κ3) is 4.34. The van der Waals surface area contributed by atoms with Crippen molar-refractivity contribution in [2.75, 3.05) is 53.7 Å². The van der Waals surface area contributed by atoms with E-state index in [1.54, 1.807) is 11.1 Å². The van der Waals surface area contributed by atoms with Crippen LogP contribution < -0.4 is 20.4 Å². The summed E-state index contributed by atoms with van der Waals surface area (Å²) in [6.45, 7) is 8.80. The molecule has 0 radical (unpaired) electrons. The Labute approximate surface area is 194 Å². The molecule has 3 heterocycles. The number of fused-ring (bicyclic) bond motifs is 1. The normalized spacial score (nSPS) is 16.4. The van der Waals surface area contributed by atoms with Crippen molar-refractivity contribution >= 4 is 34.9 Å². The highest BCUT2D eigenvalue weighted by Gasteiger charge is 2.26. The Morgan fingerprint density at radius 3 is 2.52 bits per heavy atom. The van der Waals surface area contributed by atoms with Gasteiger partial charge >= 0.3 is 6.03 Å². The number of piperazine rings is 1. The summed E-state index contributed by atoms with van der Waals surface area (Å²) in [6, 6.07) is 14.0. The number of urea groups is 1. The van der Waals surface area contributed by atoms with E-state index in [0.29, 0.717) is 18.3 Å². The van der Waals surface area contributed by atoms with Crippen LogP contribution in [0.3, 0.4) is 0 Å². The summed E-state index contributed by atoms with van der Waals surface area (Å²) < 4.78 is 0. The summed E-state index contributed by atoms with van der Waals surface area (Å²) in [6.07, 6.45) is 1.78. The minimum atomic E-state index is -0.186. The van der Waals surface area contributed by atoms with Gasteiger partial charge in [0.25, 0.3) is 0 Å². The number of aryl methyl sites for hydroxylation is 2. The van der Waals surface area contributed by atoms with Gasteiger partial charge in [0.1, 0.15) is 5.82 Å². The quantitative estimate of drug-likeness (QED) is 0.631. The summed E-state index contributed by atoms with van der Waals surface area (Å²) in [7, 11) is 2.17. The predicted octanol–water partition coefficient (Wildman–Crippen LogP) is 4.14. The number of carbonyl (C=O) groups excluding carboxylic acids is 1. The number of nitrogens with one attached hydrogen (secondary N) is 2. The van der Waals surface area contributed by atoms with Crippen LogP contribution in [0.15, 0.2) is 48.7 Å². The van der Waals surface area contributed by atoms with Gasteiger partial charge in [-0.25, -0.2) is 9.78 Å². The zero-order valence-electron chi connectivity index (χ0n) is 19.3. The third-order valence-electron chi connectivity index (χ3n) is 6.37. The molecule has 8 nitrogen and oxygen atoms in total. The number of benzene rings is 2. The first-order chi connectivity index (χ1) is 16.0. The number of amides is 2. The fourth-order valence-corrected chi connectivity index (χ4v) is 4.43. The van der Waals surface area contributed by atoms with Crippen LogP contribution in [0.2, 0.25) is 0 Å². The van der Waals surface area contributed by atoms with E-state index in [9.17, 15) is 4.79 Å². The first kappa shape index (κ1) is 21.2. The summed E-state index contributed by atoms with van der Waals surface area (Å²) in [4.78, 5) is 28.3. The molecular weight excluding hydrogens is 414 g/mol. The summed E-state index contributed by atoms with van der Waals surface area (Å²) in [5.74, 6) is 1.01. The van der Waals surface area contributed by atoms with Gasteiger partial charge in [-0.3, -0.25) is 10.2 Å². The lowest BCUT2D eigenvalue weighted by Crippen LogP contribution is -2.44. The van der Waals surface area contributed by atoms with Crippen LogP contribution in [0.4, 0.5) is 33.6 Å². The molecule has 0 saturated carbocycles. The fourth-order valence-electron chi connectivity index (χ4n) is 4.43. The van der Waals surface area contributed by atoms with Gasteiger partial charge in [0, 0.05) is 55.0 Å². The van der Waals surface area contributed by atoms with Crippen molar-refractivity contribution in [3.8, 4) is 0 Å². The molecule has 3 aromatic rings. The second kappa shape index (κ2) is 8.71. The van der Waals surface area contributed by atoms with E-state index in [1.807, 2.05) is 31.2 Å². The monoisotopic (exact) mass is 443 g/mol. The molecule has 1 fully saturated rings. The van der Waals surface area contributed by atoms with Crippen molar-refractivity contribution in [3.05, 3.63) is 65.4 Å². The second-order valence-electron chi connectivity index (χ2n) is 8.79. The number of rotatable bonds is 4. The molecule has 8 heteroatoms. The van der Waals surface area contributed by atoms with Crippen molar-refractivity contribution in [1.29, 1.82) is 0 Å². The standard InChI is InChI=1S/C25H29N7O/c1-17-6-4-5-7-22(17)32-16-19-15-26-24(28-23(19)29-25(32)33)27-20-8-9-21(18(2)14-20)31-12-10-30(3)11-13-31/h4-9,14-15H,10-13,16H2,1-3H3,(H2,26,27,28,29,33). The van der Waals surface area contributed by atoms with Gasteiger partial charge in [0.05, 0.1) is 6.54 Å². The molecule has 2 N–H and O–H groups in total. The van der Waals surface area contributed by atoms with Gasteiger partial charge in [-0.1, -0.05) is 18.2 Å². The maximum Gasteiger partial charge on any atom is 0.327 e. The molecule has 1 saturated heterocycles. The SMILES string of the molecule is Cc1cc(Nc2ncc3c(n2)NC(=O)N(c2ccccc2C)C3)ccc1N1CCN(C)CC1. The Hall–Kier alpha value is -3.65. The van der Waals surface area contributed by atoms with Crippen molar-refractivity contribution in [1.82, 2.24) is 14.9 Å². The molecule has 0 unspecified atom stereocenters. The van der Waals surface area contributed by atoms with Crippen molar-refractivity contribution in [2.24, 2.45) is 0 Å². The first-order valence-electron chi connectivity index (χ1n) is 11.3. The van der Waals surface area contributed by atoms with Crippen LogP contribution in [0.25, 0.3) is 0 Å². The number of carbonyl (C=O) groups is 1. The highest BCUT2D eigenvalue weighted by Crippen LogP contribution is 2.30. The minimum absolute atomic E-state index is 0.186. The molecule has 0 aliphatic carbocycles. The smallest absolute Gasteiger partial charge is 0.327 e. The van der Waals surface area contributed by atoms with Crippen LogP contribution in [0.5, 0.6) is 0 Å². The lowest BCUT2D eigenvalue weighted by atomic mass is 10.1. The van der Waals surface area contributed by atoms with Crippen LogP contribution in [-0.4, -0.2) is 54.1 Å². The Bertz CT molecular complexity index is 1190. The average molecular weight is 444 g/mol. The van der Waals surface area contributed by atoms with Gasteiger partial charge in [-0.2, -0.15) is 4.98 Å². The van der Waals surface area contributed by atoms with Crippen LogP contribution in [0, 0.1) is 13.8 Å². The first-order valence-corrected chi connectivity index (χ1v) is 11.3. The lowest BCUT2D eigenvalue weighted by molar-refractivity contribution is 0.256. The third-order valence-corrected chi connectivity index (χ3v) is 6.37. The molecule has 2 aliphatic rings. The van der Waals surface area contributed by atoms with Gasteiger partial charge in [-0.05, 0) is 56.3 Å². The van der Waals surface area contributed by atoms with Gasteiger partial charge < -0.3 is 15.1 Å². The Morgan fingerprint density at radius 2 is 1.76 bits per heavy atom. The van der Waals surface area contributed by atoms with E-state index in [0.717, 1.165) is 48.7 Å². The highest BCUT2D eigenvalue weighted by atomic mass is 16.2. The number of hydrogen-bond acceptors (Lipinski definition) is 6. The second-order valence-corrected chi connectivity index (χ2v) is 8.79. The molecule has 2 amide bonds. The number of hydrogen-bond donors (Lipinski definition) is 2. The van der Waals surface area contributed by atoms with E-state index >= 15 is 0 Å². The summed E-state index contributed by atoms with van der Waals surface area (Å²) >= 11 is 0. The van der Waals surface area contributed by atoms with Crippen LogP contribution in [0.1, 0.15) is 16.7 Å². The van der Waals surface area contributed by atoms with Crippen molar-refractivity contribution < 1.29 is 4.79 Å². The maximum absolute atomic E-state index is 12.8. The van der Waals surface area contributed by atoms with E-state index < -0.39 is 0 Å². The Morgan fingerprint density at radius 1 is 0.970 bits per heavy atom. The van der Waals surface area contributed by atoms with Crippen LogP contribution in [-0.2, 0) is 6.54 Å². The number of likely N-dealkylation sites (N-methyl/N-ethyl adjacent to an activating group) is 1. The molecule has 1 aromatic heterocycles. The number of nitrogens with zero attached hydrogens (tertiary/aromatic N) is 5. The average Bonchev–Trinajstić information content (AvgIpc) is 2.80. The topological polar surface area (TPSA) is 76.6 Å². The van der Waals surface area contributed by atoms with E-state index in [1.165, 1.54) is 11.3 Å². The predicted molar refractivity (Wildman–Crippen MR) is 133 cm³/mol. The number of aromatic nitrogens is 2. The van der Waals surface area contributed by atoms with Gasteiger partial charge in [-0.15, -0.1) is 0 Å². The van der Waals surface area contributed by atoms with Crippen molar-refractivity contribution in [2.45, 2.75) is 20.4 Å². The number of anilines is 5. The highest BCUT2D eigenvalue weighted by molar-refractivity contribution is 6.04. The van der Waals surface area contributed by atoms with Crippen LogP contribution >= 0.6 is 0 Å². The molecule has 170 valence electrons. The van der Waals surface area contributed by atoms with Gasteiger partial charge in [0.2, 0.25) is 5.95 Å². The van der Waals surface area contributed by atoms with Crippen molar-refractivity contribution in [3.63, 3.8) is 0 Å². The molecule has 2 aliphatic heterocycles. The Kier molecular flexibility index (Phi) is 5.60. The zero-order chi connectivity index (χ0) is 22.9. The van der Waals surface area contributed by atoms with E-state index in [-0.39, 0.29) is 6.03 Å².